The molecule has 0 spiro atoms. The molecule has 8 heteroatoms. The summed E-state index contributed by atoms with van der Waals surface area (Å²) < 4.78 is 42.6. The zero-order chi connectivity index (χ0) is 23.0. The van der Waals surface area contributed by atoms with E-state index in [0.717, 1.165) is 49.2 Å². The lowest BCUT2D eigenvalue weighted by Gasteiger charge is -2.14. The van der Waals surface area contributed by atoms with Crippen molar-refractivity contribution in [2.24, 2.45) is 0 Å². The first-order valence-corrected chi connectivity index (χ1v) is 11.0. The summed E-state index contributed by atoms with van der Waals surface area (Å²) >= 11 is 0. The molecule has 0 saturated carbocycles. The molecule has 0 amide bonds. The SMILES string of the molecule is O=c1cc(-c2cccc(C(F)(F)F)c2)ccn1-c1ccc2c(cnn2CCN2CCCC2)c1. The van der Waals surface area contributed by atoms with Crippen molar-refractivity contribution >= 4 is 10.9 Å². The summed E-state index contributed by atoms with van der Waals surface area (Å²) in [5.74, 6) is 0. The smallest absolute Gasteiger partial charge is 0.301 e. The highest BCUT2D eigenvalue weighted by atomic mass is 19.4. The Balaban J connectivity index is 1.40. The molecule has 0 N–H and O–H groups in total. The largest absolute Gasteiger partial charge is 0.416 e. The molecule has 1 aliphatic heterocycles. The molecule has 1 fully saturated rings. The normalized spacial score (nSPS) is 14.9. The number of rotatable bonds is 5. The fraction of sp³-hybridized carbons (Fsp3) is 0.280. The zero-order valence-corrected chi connectivity index (χ0v) is 17.9. The lowest BCUT2D eigenvalue weighted by molar-refractivity contribution is -0.137. The second-order valence-corrected chi connectivity index (χ2v) is 8.36. The van der Waals surface area contributed by atoms with Crippen molar-refractivity contribution in [2.75, 3.05) is 19.6 Å². The molecule has 0 bridgehead atoms. The summed E-state index contributed by atoms with van der Waals surface area (Å²) in [5, 5.41) is 5.44. The fourth-order valence-corrected chi connectivity index (χ4v) is 4.39. The van der Waals surface area contributed by atoms with Crippen molar-refractivity contribution in [3.63, 3.8) is 0 Å². The monoisotopic (exact) mass is 452 g/mol. The third kappa shape index (κ3) is 4.43. The molecule has 0 atom stereocenters. The molecule has 5 rings (SSSR count). The van der Waals surface area contributed by atoms with E-state index in [2.05, 4.69) is 10.00 Å². The maximum Gasteiger partial charge on any atom is 0.416 e. The molecule has 0 radical (unpaired) electrons. The van der Waals surface area contributed by atoms with Gasteiger partial charge in [-0.2, -0.15) is 18.3 Å². The van der Waals surface area contributed by atoms with Crippen molar-refractivity contribution in [3.8, 4) is 16.8 Å². The van der Waals surface area contributed by atoms with Crippen LogP contribution in [0.15, 0.2) is 71.8 Å². The number of hydrogen-bond acceptors (Lipinski definition) is 3. The number of halogens is 3. The van der Waals surface area contributed by atoms with E-state index in [1.165, 1.54) is 29.5 Å². The second-order valence-electron chi connectivity index (χ2n) is 8.36. The Kier molecular flexibility index (Phi) is 5.54. The molecule has 3 heterocycles. The molecule has 33 heavy (non-hydrogen) atoms. The third-order valence-corrected chi connectivity index (χ3v) is 6.17. The predicted molar refractivity (Wildman–Crippen MR) is 121 cm³/mol. The van der Waals surface area contributed by atoms with Crippen LogP contribution in [0.3, 0.4) is 0 Å². The minimum Gasteiger partial charge on any atom is -0.301 e. The number of aromatic nitrogens is 3. The Morgan fingerprint density at radius 3 is 2.45 bits per heavy atom. The molecule has 1 saturated heterocycles. The summed E-state index contributed by atoms with van der Waals surface area (Å²) in [5.41, 5.74) is 1.43. The van der Waals surface area contributed by atoms with Crippen LogP contribution in [0.2, 0.25) is 0 Å². The van der Waals surface area contributed by atoms with Gasteiger partial charge in [0, 0.05) is 29.9 Å². The maximum absolute atomic E-state index is 13.0. The number of likely N-dealkylation sites (tertiary alicyclic amines) is 1. The van der Waals surface area contributed by atoms with Crippen molar-refractivity contribution < 1.29 is 13.2 Å². The molecular formula is C25H23F3N4O. The minimum absolute atomic E-state index is 0.314. The van der Waals surface area contributed by atoms with E-state index in [4.69, 9.17) is 0 Å². The van der Waals surface area contributed by atoms with Crippen LogP contribution in [-0.2, 0) is 12.7 Å². The zero-order valence-electron chi connectivity index (χ0n) is 17.9. The van der Waals surface area contributed by atoms with Crippen LogP contribution < -0.4 is 5.56 Å². The first-order chi connectivity index (χ1) is 15.9. The second kappa shape index (κ2) is 8.51. The molecular weight excluding hydrogens is 429 g/mol. The summed E-state index contributed by atoms with van der Waals surface area (Å²) in [4.78, 5) is 15.2. The highest BCUT2D eigenvalue weighted by Gasteiger charge is 2.30. The number of hydrogen-bond donors (Lipinski definition) is 0. The van der Waals surface area contributed by atoms with E-state index in [9.17, 15) is 18.0 Å². The number of pyridine rings is 1. The van der Waals surface area contributed by atoms with E-state index in [1.54, 1.807) is 24.5 Å². The molecule has 5 nitrogen and oxygen atoms in total. The molecule has 1 aliphatic rings. The van der Waals surface area contributed by atoms with Gasteiger partial charge in [0.25, 0.3) is 5.56 Å². The Labute approximate surface area is 188 Å². The summed E-state index contributed by atoms with van der Waals surface area (Å²) in [6.45, 7) is 4.06. The Morgan fingerprint density at radius 2 is 1.70 bits per heavy atom. The van der Waals surface area contributed by atoms with E-state index >= 15 is 0 Å². The maximum atomic E-state index is 13.0. The topological polar surface area (TPSA) is 43.1 Å². The average Bonchev–Trinajstić information content (AvgIpc) is 3.46. The van der Waals surface area contributed by atoms with E-state index in [1.807, 2.05) is 22.9 Å². The van der Waals surface area contributed by atoms with Crippen LogP contribution in [0.1, 0.15) is 18.4 Å². The lowest BCUT2D eigenvalue weighted by Crippen LogP contribution is -2.24. The van der Waals surface area contributed by atoms with Crippen LogP contribution >= 0.6 is 0 Å². The van der Waals surface area contributed by atoms with Gasteiger partial charge in [0.05, 0.1) is 23.8 Å². The van der Waals surface area contributed by atoms with Crippen molar-refractivity contribution in [2.45, 2.75) is 25.6 Å². The van der Waals surface area contributed by atoms with E-state index in [-0.39, 0.29) is 5.56 Å². The van der Waals surface area contributed by atoms with Crippen LogP contribution in [0.4, 0.5) is 13.2 Å². The van der Waals surface area contributed by atoms with Gasteiger partial charge < -0.3 is 4.90 Å². The quantitative estimate of drug-likeness (QED) is 0.430. The predicted octanol–water partition coefficient (Wildman–Crippen LogP) is 4.97. The Bertz CT molecular complexity index is 1350. The third-order valence-electron chi connectivity index (χ3n) is 6.17. The Hall–Kier alpha value is -3.39. The number of nitrogens with zero attached hydrogens (tertiary/aromatic N) is 4. The van der Waals surface area contributed by atoms with Crippen LogP contribution in [0.25, 0.3) is 27.7 Å². The van der Waals surface area contributed by atoms with Gasteiger partial charge in [-0.25, -0.2) is 0 Å². The van der Waals surface area contributed by atoms with Gasteiger partial charge in [-0.05, 0) is 73.5 Å². The van der Waals surface area contributed by atoms with Gasteiger partial charge in [0.15, 0.2) is 0 Å². The number of alkyl halides is 3. The fourth-order valence-electron chi connectivity index (χ4n) is 4.39. The first-order valence-electron chi connectivity index (χ1n) is 11.0. The van der Waals surface area contributed by atoms with Crippen LogP contribution in [-0.4, -0.2) is 38.9 Å². The first kappa shape index (κ1) is 21.5. The van der Waals surface area contributed by atoms with Gasteiger partial charge in [-0.1, -0.05) is 12.1 Å². The molecule has 0 aliphatic carbocycles. The van der Waals surface area contributed by atoms with Gasteiger partial charge in [-0.15, -0.1) is 0 Å². The van der Waals surface area contributed by atoms with Crippen LogP contribution in [0.5, 0.6) is 0 Å². The highest BCUT2D eigenvalue weighted by molar-refractivity contribution is 5.81. The molecule has 170 valence electrons. The summed E-state index contributed by atoms with van der Waals surface area (Å²) in [6.07, 6.45) is 1.47. The molecule has 4 aromatic rings. The average molecular weight is 452 g/mol. The lowest BCUT2D eigenvalue weighted by atomic mass is 10.0. The molecule has 2 aromatic carbocycles. The molecule has 0 unspecified atom stereocenters. The van der Waals surface area contributed by atoms with Gasteiger partial charge in [0.2, 0.25) is 0 Å². The number of benzene rings is 2. The van der Waals surface area contributed by atoms with Crippen molar-refractivity contribution in [3.05, 3.63) is 82.9 Å². The number of fused-ring (bicyclic) bond motifs is 1. The van der Waals surface area contributed by atoms with E-state index < -0.39 is 11.7 Å². The van der Waals surface area contributed by atoms with Crippen molar-refractivity contribution in [1.29, 1.82) is 0 Å². The highest BCUT2D eigenvalue weighted by Crippen LogP contribution is 2.32. The van der Waals surface area contributed by atoms with E-state index in [0.29, 0.717) is 16.8 Å². The van der Waals surface area contributed by atoms with Gasteiger partial charge >= 0.3 is 6.18 Å². The van der Waals surface area contributed by atoms with Gasteiger partial charge in [0.1, 0.15) is 0 Å². The van der Waals surface area contributed by atoms with Gasteiger partial charge in [-0.3, -0.25) is 14.0 Å². The molecule has 2 aromatic heterocycles. The summed E-state index contributed by atoms with van der Waals surface area (Å²) in [7, 11) is 0. The van der Waals surface area contributed by atoms with Crippen LogP contribution in [0, 0.1) is 0 Å². The van der Waals surface area contributed by atoms with Crippen molar-refractivity contribution in [1.82, 2.24) is 19.2 Å². The standard InChI is InChI=1S/C25H23F3N4O/c26-25(27,28)21-5-3-4-18(14-21)19-8-11-31(24(33)16-19)22-6-7-23-20(15-22)17-29-32(23)13-12-30-9-1-2-10-30/h3-8,11,14-17H,1-2,9-10,12-13H2. The Morgan fingerprint density at radius 1 is 0.909 bits per heavy atom. The minimum atomic E-state index is -4.43. The summed E-state index contributed by atoms with van der Waals surface area (Å²) in [6, 6.07) is 13.7.